The van der Waals surface area contributed by atoms with Gasteiger partial charge in [0.15, 0.2) is 11.5 Å². The van der Waals surface area contributed by atoms with Crippen molar-refractivity contribution >= 4 is 5.78 Å². The summed E-state index contributed by atoms with van der Waals surface area (Å²) in [7, 11) is 3.16. The van der Waals surface area contributed by atoms with E-state index in [2.05, 4.69) is 6.92 Å². The summed E-state index contributed by atoms with van der Waals surface area (Å²) in [6, 6.07) is 5.17. The van der Waals surface area contributed by atoms with Gasteiger partial charge in [-0.3, -0.25) is 4.79 Å². The van der Waals surface area contributed by atoms with Crippen LogP contribution in [0.1, 0.15) is 38.2 Å². The highest BCUT2D eigenvalue weighted by molar-refractivity contribution is 5.79. The minimum absolute atomic E-state index is 0.0295. The van der Waals surface area contributed by atoms with Crippen LogP contribution in [0.3, 0.4) is 0 Å². The highest BCUT2D eigenvalue weighted by atomic mass is 16.5. The number of hydrogen-bond donors (Lipinski definition) is 1. The van der Waals surface area contributed by atoms with Crippen molar-refractivity contribution < 1.29 is 19.4 Å². The van der Waals surface area contributed by atoms with Crippen molar-refractivity contribution in [2.75, 3.05) is 14.2 Å². The van der Waals surface area contributed by atoms with Gasteiger partial charge in [-0.05, 0) is 30.5 Å². The van der Waals surface area contributed by atoms with Gasteiger partial charge in [0.25, 0.3) is 0 Å². The number of phenolic OH excluding ortho intramolecular Hbond substituents is 1. The minimum atomic E-state index is 0.0295. The van der Waals surface area contributed by atoms with E-state index < -0.39 is 0 Å². The van der Waals surface area contributed by atoms with E-state index in [0.717, 1.165) is 18.4 Å². The molecule has 4 nitrogen and oxygen atoms in total. The van der Waals surface area contributed by atoms with Gasteiger partial charge in [0.2, 0.25) is 0 Å². The van der Waals surface area contributed by atoms with E-state index in [0.29, 0.717) is 25.0 Å². The van der Waals surface area contributed by atoms with Crippen LogP contribution in [0.5, 0.6) is 11.5 Å². The fourth-order valence-corrected chi connectivity index (χ4v) is 2.14. The number of hydrogen-bond acceptors (Lipinski definition) is 4. The molecule has 0 aliphatic heterocycles. The van der Waals surface area contributed by atoms with Gasteiger partial charge < -0.3 is 14.6 Å². The van der Waals surface area contributed by atoms with Crippen molar-refractivity contribution in [3.05, 3.63) is 23.8 Å². The van der Waals surface area contributed by atoms with E-state index in [1.165, 1.54) is 7.11 Å². The third-order valence-electron chi connectivity index (χ3n) is 3.34. The Morgan fingerprint density at radius 2 is 2.10 bits per heavy atom. The Kier molecular flexibility index (Phi) is 7.09. The van der Waals surface area contributed by atoms with Crippen molar-refractivity contribution in [2.45, 2.75) is 45.1 Å². The molecule has 0 aromatic heterocycles. The summed E-state index contributed by atoms with van der Waals surface area (Å²) in [5.41, 5.74) is 0.984. The highest BCUT2D eigenvalue weighted by Gasteiger charge is 2.12. The Balaban J connectivity index is 2.48. The summed E-state index contributed by atoms with van der Waals surface area (Å²) in [5, 5.41) is 9.51. The third kappa shape index (κ3) is 5.21. The maximum atomic E-state index is 11.9. The van der Waals surface area contributed by atoms with Gasteiger partial charge in [-0.15, -0.1) is 0 Å². The Bertz CT molecular complexity index is 428. The van der Waals surface area contributed by atoms with Crippen LogP contribution in [-0.2, 0) is 16.0 Å². The molecule has 0 aliphatic rings. The van der Waals surface area contributed by atoms with Crippen molar-refractivity contribution in [3.63, 3.8) is 0 Å². The summed E-state index contributed by atoms with van der Waals surface area (Å²) in [4.78, 5) is 11.9. The SMILES string of the molecule is CCCC(CC(=O)CCc1ccc(O)c(OC)c1)OC. The fraction of sp³-hybridized carbons (Fsp3) is 0.562. The van der Waals surface area contributed by atoms with E-state index in [1.54, 1.807) is 19.2 Å². The number of carbonyl (C=O) groups is 1. The monoisotopic (exact) mass is 280 g/mol. The second kappa shape index (κ2) is 8.59. The summed E-state index contributed by atoms with van der Waals surface area (Å²) in [6.45, 7) is 2.08. The predicted octanol–water partition coefficient (Wildman–Crippen LogP) is 3.11. The van der Waals surface area contributed by atoms with Gasteiger partial charge in [-0.2, -0.15) is 0 Å². The molecule has 0 saturated carbocycles. The first-order chi connectivity index (χ1) is 9.60. The molecule has 20 heavy (non-hydrogen) atoms. The molecular formula is C16H24O4. The van der Waals surface area contributed by atoms with E-state index in [-0.39, 0.29) is 17.6 Å². The van der Waals surface area contributed by atoms with E-state index in [1.807, 2.05) is 6.07 Å². The van der Waals surface area contributed by atoms with Gasteiger partial charge in [-0.1, -0.05) is 19.4 Å². The number of aryl methyl sites for hydroxylation is 1. The molecule has 0 amide bonds. The second-order valence-electron chi connectivity index (χ2n) is 4.90. The number of ether oxygens (including phenoxy) is 2. The standard InChI is InChI=1S/C16H24O4/c1-4-5-14(19-2)11-13(17)8-6-12-7-9-15(18)16(10-12)20-3/h7,9-10,14,18H,4-6,8,11H2,1-3H3. The lowest BCUT2D eigenvalue weighted by Crippen LogP contribution is -2.16. The third-order valence-corrected chi connectivity index (χ3v) is 3.34. The van der Waals surface area contributed by atoms with E-state index in [9.17, 15) is 9.90 Å². The molecule has 1 unspecified atom stereocenters. The number of phenols is 1. The van der Waals surface area contributed by atoms with Crippen LogP contribution in [0, 0.1) is 0 Å². The molecule has 0 fully saturated rings. The number of rotatable bonds is 9. The molecule has 1 aromatic rings. The largest absolute Gasteiger partial charge is 0.504 e. The zero-order valence-electron chi connectivity index (χ0n) is 12.5. The molecule has 1 N–H and O–H groups in total. The molecule has 1 atom stereocenters. The number of ketones is 1. The first kappa shape index (κ1) is 16.5. The van der Waals surface area contributed by atoms with Gasteiger partial charge in [-0.25, -0.2) is 0 Å². The topological polar surface area (TPSA) is 55.8 Å². The predicted molar refractivity (Wildman–Crippen MR) is 78.3 cm³/mol. The quantitative estimate of drug-likeness (QED) is 0.755. The molecule has 1 aromatic carbocycles. The maximum Gasteiger partial charge on any atom is 0.160 e. The van der Waals surface area contributed by atoms with Gasteiger partial charge in [0.1, 0.15) is 5.78 Å². The van der Waals surface area contributed by atoms with E-state index in [4.69, 9.17) is 9.47 Å². The van der Waals surface area contributed by atoms with Crippen LogP contribution >= 0.6 is 0 Å². The summed E-state index contributed by atoms with van der Waals surface area (Å²) in [5.74, 6) is 0.762. The maximum absolute atomic E-state index is 11.9. The molecule has 0 heterocycles. The first-order valence-corrected chi connectivity index (χ1v) is 7.01. The van der Waals surface area contributed by atoms with Crippen molar-refractivity contribution in [2.24, 2.45) is 0 Å². The number of Topliss-reactive ketones (excluding diaryl/α,β-unsaturated/α-hetero) is 1. The summed E-state index contributed by atoms with van der Waals surface area (Å²) >= 11 is 0. The second-order valence-corrected chi connectivity index (χ2v) is 4.90. The number of benzene rings is 1. The van der Waals surface area contributed by atoms with Gasteiger partial charge >= 0.3 is 0 Å². The van der Waals surface area contributed by atoms with E-state index >= 15 is 0 Å². The molecule has 0 saturated heterocycles. The first-order valence-electron chi connectivity index (χ1n) is 7.01. The van der Waals surface area contributed by atoms with Crippen LogP contribution < -0.4 is 4.74 Å². The molecule has 0 radical (unpaired) electrons. The molecule has 0 bridgehead atoms. The lowest BCUT2D eigenvalue weighted by Gasteiger charge is -2.13. The van der Waals surface area contributed by atoms with Crippen molar-refractivity contribution in [1.82, 2.24) is 0 Å². The highest BCUT2D eigenvalue weighted by Crippen LogP contribution is 2.26. The Morgan fingerprint density at radius 1 is 1.35 bits per heavy atom. The number of aromatic hydroxyl groups is 1. The van der Waals surface area contributed by atoms with Crippen LogP contribution in [0.2, 0.25) is 0 Å². The van der Waals surface area contributed by atoms with Crippen molar-refractivity contribution in [3.8, 4) is 11.5 Å². The fourth-order valence-electron chi connectivity index (χ4n) is 2.14. The Morgan fingerprint density at radius 3 is 2.70 bits per heavy atom. The minimum Gasteiger partial charge on any atom is -0.504 e. The molecule has 0 aliphatic carbocycles. The smallest absolute Gasteiger partial charge is 0.160 e. The Hall–Kier alpha value is -1.55. The van der Waals surface area contributed by atoms with Crippen LogP contribution in [-0.4, -0.2) is 31.2 Å². The van der Waals surface area contributed by atoms with Crippen LogP contribution in [0.4, 0.5) is 0 Å². The van der Waals surface area contributed by atoms with Crippen LogP contribution in [0.25, 0.3) is 0 Å². The molecule has 112 valence electrons. The number of methoxy groups -OCH3 is 2. The lowest BCUT2D eigenvalue weighted by atomic mass is 10.0. The molecule has 1 rings (SSSR count). The summed E-state index contributed by atoms with van der Waals surface area (Å²) in [6.07, 6.45) is 3.56. The molecule has 4 heteroatoms. The van der Waals surface area contributed by atoms with Gasteiger partial charge in [0, 0.05) is 20.0 Å². The zero-order valence-corrected chi connectivity index (χ0v) is 12.5. The summed E-state index contributed by atoms with van der Waals surface area (Å²) < 4.78 is 10.3. The molecular weight excluding hydrogens is 256 g/mol. The average molecular weight is 280 g/mol. The average Bonchev–Trinajstić information content (AvgIpc) is 2.45. The zero-order chi connectivity index (χ0) is 15.0. The van der Waals surface area contributed by atoms with Gasteiger partial charge in [0.05, 0.1) is 13.2 Å². The number of carbonyl (C=O) groups excluding carboxylic acids is 1. The van der Waals surface area contributed by atoms with Crippen molar-refractivity contribution in [1.29, 1.82) is 0 Å². The lowest BCUT2D eigenvalue weighted by molar-refractivity contribution is -0.121. The Labute approximate surface area is 120 Å². The normalized spacial score (nSPS) is 12.2. The van der Waals surface area contributed by atoms with Crippen LogP contribution in [0.15, 0.2) is 18.2 Å². The molecule has 0 spiro atoms.